The van der Waals surface area contributed by atoms with Crippen LogP contribution in [0.5, 0.6) is 5.75 Å². The molecule has 0 aromatic heterocycles. The lowest BCUT2D eigenvalue weighted by Gasteiger charge is -2.53. The Labute approximate surface area is 205 Å². The van der Waals surface area contributed by atoms with Crippen LogP contribution in [-0.2, 0) is 16.6 Å². The number of amides is 1. The van der Waals surface area contributed by atoms with Gasteiger partial charge in [-0.2, -0.15) is 0 Å². The van der Waals surface area contributed by atoms with Gasteiger partial charge in [0.05, 0.1) is 0 Å². The highest BCUT2D eigenvalue weighted by Gasteiger charge is 2.48. The van der Waals surface area contributed by atoms with Crippen molar-refractivity contribution in [2.75, 3.05) is 19.6 Å². The highest BCUT2D eigenvalue weighted by molar-refractivity contribution is 5.76. The Hall–Kier alpha value is -2.59. The van der Waals surface area contributed by atoms with Crippen molar-refractivity contribution in [2.24, 2.45) is 5.92 Å². The predicted octanol–water partition coefficient (Wildman–Crippen LogP) is 5.61. The zero-order valence-corrected chi connectivity index (χ0v) is 20.4. The molecule has 4 rings (SSSR count). The Bertz CT molecular complexity index is 944. The molecule has 0 bridgehead atoms. The molecule has 1 aliphatic carbocycles. The zero-order chi connectivity index (χ0) is 23.8. The molecule has 34 heavy (non-hydrogen) atoms. The minimum atomic E-state index is 0.0162. The van der Waals surface area contributed by atoms with E-state index in [1.54, 1.807) is 6.07 Å². The van der Waals surface area contributed by atoms with Gasteiger partial charge in [-0.25, -0.2) is 0 Å². The molecule has 0 unspecified atom stereocenters. The van der Waals surface area contributed by atoms with Gasteiger partial charge in [0.2, 0.25) is 5.91 Å². The van der Waals surface area contributed by atoms with E-state index < -0.39 is 0 Å². The molecule has 1 saturated carbocycles. The molecule has 4 heteroatoms. The van der Waals surface area contributed by atoms with Crippen molar-refractivity contribution in [3.05, 3.63) is 78.4 Å². The van der Waals surface area contributed by atoms with Gasteiger partial charge in [-0.15, -0.1) is 6.58 Å². The molecule has 2 aromatic carbocycles. The Kier molecular flexibility index (Phi) is 8.44. The molecule has 0 spiro atoms. The molecule has 4 nitrogen and oxygen atoms in total. The largest absolute Gasteiger partial charge is 0.508 e. The van der Waals surface area contributed by atoms with Crippen molar-refractivity contribution >= 4 is 5.91 Å². The van der Waals surface area contributed by atoms with E-state index in [2.05, 4.69) is 53.2 Å². The molecule has 1 aliphatic heterocycles. The van der Waals surface area contributed by atoms with E-state index in [0.29, 0.717) is 18.1 Å². The fraction of sp³-hybridized carbons (Fsp3) is 0.500. The first-order valence-electron chi connectivity index (χ1n) is 13.0. The molecule has 2 fully saturated rings. The summed E-state index contributed by atoms with van der Waals surface area (Å²) in [7, 11) is 0. The monoisotopic (exact) mass is 460 g/mol. The van der Waals surface area contributed by atoms with Crippen molar-refractivity contribution in [1.29, 1.82) is 0 Å². The van der Waals surface area contributed by atoms with E-state index in [9.17, 15) is 9.90 Å². The first-order chi connectivity index (χ1) is 16.6. The van der Waals surface area contributed by atoms with Gasteiger partial charge in [0.1, 0.15) is 5.75 Å². The highest BCUT2D eigenvalue weighted by atomic mass is 16.3. The summed E-state index contributed by atoms with van der Waals surface area (Å²) in [5.74, 6) is 1.06. The summed E-state index contributed by atoms with van der Waals surface area (Å²) in [6.07, 6.45) is 11.0. The Morgan fingerprint density at radius 2 is 1.97 bits per heavy atom. The van der Waals surface area contributed by atoms with Gasteiger partial charge in [-0.3, -0.25) is 9.69 Å². The molecule has 182 valence electrons. The van der Waals surface area contributed by atoms with E-state index in [1.165, 1.54) is 11.1 Å². The Morgan fingerprint density at radius 3 is 2.76 bits per heavy atom. The number of hydrogen-bond acceptors (Lipinski definition) is 3. The van der Waals surface area contributed by atoms with E-state index in [4.69, 9.17) is 0 Å². The fourth-order valence-corrected chi connectivity index (χ4v) is 6.24. The van der Waals surface area contributed by atoms with E-state index in [-0.39, 0.29) is 17.4 Å². The smallest absolute Gasteiger partial charge is 0.220 e. The number of nitrogens with zero attached hydrogens (tertiary/aromatic N) is 1. The number of aromatic hydroxyl groups is 1. The topological polar surface area (TPSA) is 52.6 Å². The van der Waals surface area contributed by atoms with Crippen LogP contribution >= 0.6 is 0 Å². The van der Waals surface area contributed by atoms with Gasteiger partial charge >= 0.3 is 0 Å². The number of nitrogens with one attached hydrogen (secondary N) is 1. The van der Waals surface area contributed by atoms with Crippen LogP contribution in [0.2, 0.25) is 0 Å². The number of fused-ring (bicyclic) bond motifs is 1. The number of carbonyl (C=O) groups is 1. The van der Waals surface area contributed by atoms with Gasteiger partial charge < -0.3 is 10.4 Å². The maximum absolute atomic E-state index is 12.8. The van der Waals surface area contributed by atoms with Crippen molar-refractivity contribution in [3.63, 3.8) is 0 Å². The lowest BCUT2D eigenvalue weighted by molar-refractivity contribution is -0.122. The maximum Gasteiger partial charge on any atom is 0.220 e. The van der Waals surface area contributed by atoms with Crippen molar-refractivity contribution in [2.45, 2.75) is 69.2 Å². The average Bonchev–Trinajstić information content (AvgIpc) is 2.85. The number of benzene rings is 2. The molecular weight excluding hydrogens is 420 g/mol. The lowest BCUT2D eigenvalue weighted by Crippen LogP contribution is -2.56. The van der Waals surface area contributed by atoms with E-state index in [0.717, 1.165) is 71.0 Å². The van der Waals surface area contributed by atoms with Crippen LogP contribution < -0.4 is 5.32 Å². The summed E-state index contributed by atoms with van der Waals surface area (Å²) in [5.41, 5.74) is 2.62. The number of hydrogen-bond donors (Lipinski definition) is 2. The minimum absolute atomic E-state index is 0.0162. The van der Waals surface area contributed by atoms with E-state index >= 15 is 0 Å². The van der Waals surface area contributed by atoms with Crippen LogP contribution in [0.15, 0.2) is 67.3 Å². The van der Waals surface area contributed by atoms with Crippen molar-refractivity contribution in [3.8, 4) is 5.75 Å². The number of carbonyl (C=O) groups excluding carboxylic acids is 1. The number of phenols is 1. The van der Waals surface area contributed by atoms with Crippen LogP contribution in [0, 0.1) is 5.92 Å². The predicted molar refractivity (Wildman–Crippen MR) is 139 cm³/mol. The number of phenolic OH excluding ortho intramolecular Hbond substituents is 1. The third-order valence-electron chi connectivity index (χ3n) is 7.99. The first-order valence-corrected chi connectivity index (χ1v) is 13.0. The fourth-order valence-electron chi connectivity index (χ4n) is 6.24. The molecule has 0 radical (unpaired) electrons. The molecular formula is C30H40N2O2. The normalized spacial score (nSPS) is 24.8. The number of rotatable bonds is 10. The summed E-state index contributed by atoms with van der Waals surface area (Å²) in [4.78, 5) is 15.3. The second kappa shape index (κ2) is 11.7. The molecule has 3 atom stereocenters. The van der Waals surface area contributed by atoms with E-state index in [1.807, 2.05) is 18.2 Å². The molecule has 2 aliphatic rings. The average molecular weight is 461 g/mol. The molecule has 1 heterocycles. The minimum Gasteiger partial charge on any atom is -0.508 e. The second-order valence-electron chi connectivity index (χ2n) is 10.3. The Balaban J connectivity index is 1.32. The van der Waals surface area contributed by atoms with Gasteiger partial charge in [-0.1, -0.05) is 55.0 Å². The summed E-state index contributed by atoms with van der Waals surface area (Å²) in [5, 5.41) is 13.6. The number of aryl methyl sites for hydroxylation is 1. The number of likely N-dealkylation sites (tertiary alicyclic amines) is 1. The van der Waals surface area contributed by atoms with Crippen molar-refractivity contribution < 1.29 is 9.90 Å². The lowest BCUT2D eigenvalue weighted by atomic mass is 9.58. The first kappa shape index (κ1) is 24.5. The summed E-state index contributed by atoms with van der Waals surface area (Å²) in [6, 6.07) is 18.6. The standard InChI is InChI=1S/C30H40N2O2/c1-2-19-32-20-18-30(25-13-9-14-28(33)21-25)22-27(17-16-26(30)23-32)31-29(34)15-8-4-7-12-24-10-5-3-6-11-24/h2-3,5-6,9-11,13-14,21,26-27,33H,1,4,7-8,12,15-20,22-23H2,(H,31,34)/t26-,27+,30+/m1/s1. The van der Waals surface area contributed by atoms with Gasteiger partial charge in [0.15, 0.2) is 0 Å². The Morgan fingerprint density at radius 1 is 1.12 bits per heavy atom. The molecule has 2 aromatic rings. The molecule has 2 N–H and O–H groups in total. The highest BCUT2D eigenvalue weighted by Crippen LogP contribution is 2.49. The van der Waals surface area contributed by atoms with Crippen LogP contribution in [-0.4, -0.2) is 41.6 Å². The SMILES string of the molecule is C=CCN1CC[C@@]2(c3cccc(O)c3)C[C@@H](NC(=O)CCCCCc3ccccc3)CC[C@@H]2C1. The second-order valence-corrected chi connectivity index (χ2v) is 10.3. The van der Waals surface area contributed by atoms with Crippen LogP contribution in [0.1, 0.15) is 62.5 Å². The van der Waals surface area contributed by atoms with Gasteiger partial charge in [-0.05, 0) is 80.7 Å². The molecule has 1 amide bonds. The van der Waals surface area contributed by atoms with Gasteiger partial charge in [0.25, 0.3) is 0 Å². The summed E-state index contributed by atoms with van der Waals surface area (Å²) < 4.78 is 0. The number of piperidine rings is 1. The van der Waals surface area contributed by atoms with Crippen LogP contribution in [0.25, 0.3) is 0 Å². The maximum atomic E-state index is 12.8. The zero-order valence-electron chi connectivity index (χ0n) is 20.4. The van der Waals surface area contributed by atoms with Crippen molar-refractivity contribution in [1.82, 2.24) is 10.2 Å². The number of unbranched alkanes of at least 4 members (excludes halogenated alkanes) is 2. The summed E-state index contributed by atoms with van der Waals surface area (Å²) >= 11 is 0. The van der Waals surface area contributed by atoms with Crippen LogP contribution in [0.4, 0.5) is 0 Å². The third-order valence-corrected chi connectivity index (χ3v) is 7.99. The van der Waals surface area contributed by atoms with Gasteiger partial charge in [0, 0.05) is 31.0 Å². The quantitative estimate of drug-likeness (QED) is 0.358. The summed E-state index contributed by atoms with van der Waals surface area (Å²) in [6.45, 7) is 6.93. The molecule has 1 saturated heterocycles. The van der Waals surface area contributed by atoms with Crippen LogP contribution in [0.3, 0.4) is 0 Å². The third kappa shape index (κ3) is 6.09.